The van der Waals surface area contributed by atoms with Gasteiger partial charge in [-0.3, -0.25) is 4.79 Å². The topological polar surface area (TPSA) is 85.8 Å². The van der Waals surface area contributed by atoms with E-state index in [1.54, 1.807) is 17.0 Å². The fourth-order valence-electron chi connectivity index (χ4n) is 1.28. The van der Waals surface area contributed by atoms with Crippen LogP contribution in [0.4, 0.5) is 0 Å². The van der Waals surface area contributed by atoms with Crippen molar-refractivity contribution in [3.05, 3.63) is 24.2 Å². The maximum absolute atomic E-state index is 11.4. The maximum Gasteiger partial charge on any atom is 0.231 e. The molecule has 0 saturated carbocycles. The summed E-state index contributed by atoms with van der Waals surface area (Å²) in [6, 6.07) is 3.62. The summed E-state index contributed by atoms with van der Waals surface area (Å²) in [4.78, 5) is 11.4. The van der Waals surface area contributed by atoms with Crippen LogP contribution in [0.2, 0.25) is 0 Å². The van der Waals surface area contributed by atoms with Gasteiger partial charge in [0.25, 0.3) is 0 Å². The van der Waals surface area contributed by atoms with E-state index in [2.05, 4.69) is 26.8 Å². The van der Waals surface area contributed by atoms with Crippen LogP contribution in [0.25, 0.3) is 0 Å². The lowest BCUT2D eigenvalue weighted by Crippen LogP contribution is -2.25. The lowest BCUT2D eigenvalue weighted by atomic mass is 10.4. The molecule has 1 amide bonds. The number of rotatable bonds is 6. The molecule has 2 aromatic rings. The van der Waals surface area contributed by atoms with Crippen LogP contribution in [0, 0.1) is 12.3 Å². The second kappa shape index (κ2) is 6.61. The van der Waals surface area contributed by atoms with Crippen molar-refractivity contribution in [3.63, 3.8) is 0 Å². The summed E-state index contributed by atoms with van der Waals surface area (Å²) in [5, 5.41) is 14.4. The Morgan fingerprint density at radius 2 is 2.53 bits per heavy atom. The molecule has 0 fully saturated rings. The van der Waals surface area contributed by atoms with Crippen LogP contribution in [0.3, 0.4) is 0 Å². The van der Waals surface area contributed by atoms with Crippen LogP contribution in [-0.4, -0.2) is 38.4 Å². The molecule has 0 saturated heterocycles. The normalized spacial score (nSPS) is 10.1. The highest BCUT2D eigenvalue weighted by Crippen LogP contribution is 2.14. The predicted octanol–water partition coefficient (Wildman–Crippen LogP) is 0.156. The summed E-state index contributed by atoms with van der Waals surface area (Å²) in [6.07, 6.45) is 6.63. The number of tetrazole rings is 1. The van der Waals surface area contributed by atoms with Gasteiger partial charge in [0, 0.05) is 0 Å². The molecule has 0 spiro atoms. The Hall–Kier alpha value is -2.27. The third kappa shape index (κ3) is 3.86. The van der Waals surface area contributed by atoms with Crippen molar-refractivity contribution in [2.24, 2.45) is 0 Å². The molecular weight excluding hydrogens is 266 g/mol. The molecule has 7 nitrogen and oxygen atoms in total. The smallest absolute Gasteiger partial charge is 0.231 e. The fourth-order valence-corrected chi connectivity index (χ4v) is 1.99. The van der Waals surface area contributed by atoms with E-state index in [1.807, 2.05) is 6.07 Å². The first-order valence-electron chi connectivity index (χ1n) is 5.41. The zero-order valence-electron chi connectivity index (χ0n) is 9.94. The van der Waals surface area contributed by atoms with Gasteiger partial charge in [-0.15, -0.1) is 11.5 Å². The fraction of sp³-hybridized carbons (Fsp3) is 0.273. The molecule has 2 heterocycles. The molecule has 0 unspecified atom stereocenters. The van der Waals surface area contributed by atoms with Gasteiger partial charge in [-0.1, -0.05) is 17.7 Å². The molecular formula is C11H11N5O2S. The van der Waals surface area contributed by atoms with E-state index in [4.69, 9.17) is 10.8 Å². The number of nitrogens with zero attached hydrogens (tertiary/aromatic N) is 4. The zero-order chi connectivity index (χ0) is 13.5. The SMILES string of the molecule is C#CCNC(=O)CSc1nnnn1Cc1ccco1. The lowest BCUT2D eigenvalue weighted by molar-refractivity contribution is -0.118. The van der Waals surface area contributed by atoms with E-state index < -0.39 is 0 Å². The molecule has 8 heteroatoms. The molecule has 0 atom stereocenters. The summed E-state index contributed by atoms with van der Waals surface area (Å²) in [6.45, 7) is 0.644. The summed E-state index contributed by atoms with van der Waals surface area (Å²) in [5.41, 5.74) is 0. The first-order chi connectivity index (χ1) is 9.29. The van der Waals surface area contributed by atoms with E-state index >= 15 is 0 Å². The Labute approximate surface area is 113 Å². The minimum Gasteiger partial charge on any atom is -0.467 e. The van der Waals surface area contributed by atoms with Gasteiger partial charge < -0.3 is 9.73 Å². The number of amides is 1. The average molecular weight is 277 g/mol. The number of nitrogens with one attached hydrogen (secondary N) is 1. The van der Waals surface area contributed by atoms with Crippen molar-refractivity contribution in [2.75, 3.05) is 12.3 Å². The van der Waals surface area contributed by atoms with Gasteiger partial charge in [0.15, 0.2) is 0 Å². The molecule has 0 aromatic carbocycles. The summed E-state index contributed by atoms with van der Waals surface area (Å²) >= 11 is 1.24. The number of carbonyl (C=O) groups excluding carboxylic acids is 1. The minimum atomic E-state index is -0.157. The summed E-state index contributed by atoms with van der Waals surface area (Å²) in [5.74, 6) is 3.13. The second-order valence-electron chi connectivity index (χ2n) is 3.47. The monoisotopic (exact) mass is 277 g/mol. The van der Waals surface area contributed by atoms with Crippen LogP contribution in [-0.2, 0) is 11.3 Å². The molecule has 98 valence electrons. The van der Waals surface area contributed by atoms with Crippen molar-refractivity contribution >= 4 is 17.7 Å². The summed E-state index contributed by atoms with van der Waals surface area (Å²) in [7, 11) is 0. The van der Waals surface area contributed by atoms with Crippen molar-refractivity contribution in [1.82, 2.24) is 25.5 Å². The molecule has 1 N–H and O–H groups in total. The van der Waals surface area contributed by atoms with E-state index in [0.717, 1.165) is 5.76 Å². The Morgan fingerprint density at radius 1 is 1.63 bits per heavy atom. The Morgan fingerprint density at radius 3 is 3.26 bits per heavy atom. The van der Waals surface area contributed by atoms with Gasteiger partial charge in [-0.05, 0) is 22.6 Å². The second-order valence-corrected chi connectivity index (χ2v) is 4.41. The predicted molar refractivity (Wildman–Crippen MR) is 68.2 cm³/mol. The van der Waals surface area contributed by atoms with Crippen molar-refractivity contribution in [1.29, 1.82) is 0 Å². The molecule has 0 aliphatic rings. The number of hydrogen-bond donors (Lipinski definition) is 1. The zero-order valence-corrected chi connectivity index (χ0v) is 10.8. The molecule has 0 aliphatic heterocycles. The van der Waals surface area contributed by atoms with Crippen LogP contribution >= 0.6 is 11.8 Å². The van der Waals surface area contributed by atoms with E-state index in [1.165, 1.54) is 11.8 Å². The highest BCUT2D eigenvalue weighted by atomic mass is 32.2. The number of terminal acetylenes is 1. The van der Waals surface area contributed by atoms with E-state index in [0.29, 0.717) is 11.7 Å². The lowest BCUT2D eigenvalue weighted by Gasteiger charge is -2.02. The van der Waals surface area contributed by atoms with Gasteiger partial charge in [0.1, 0.15) is 12.3 Å². The molecule has 2 rings (SSSR count). The summed E-state index contributed by atoms with van der Waals surface area (Å²) < 4.78 is 6.78. The Bertz CT molecular complexity index is 572. The number of aromatic nitrogens is 4. The maximum atomic E-state index is 11.4. The number of carbonyl (C=O) groups is 1. The Kier molecular flexibility index (Phi) is 4.58. The quantitative estimate of drug-likeness (QED) is 0.598. The third-order valence-corrected chi connectivity index (χ3v) is 3.06. The molecule has 0 aliphatic carbocycles. The van der Waals surface area contributed by atoms with Gasteiger partial charge in [-0.25, -0.2) is 4.68 Å². The molecule has 19 heavy (non-hydrogen) atoms. The first-order valence-corrected chi connectivity index (χ1v) is 6.39. The van der Waals surface area contributed by atoms with Crippen molar-refractivity contribution in [2.45, 2.75) is 11.7 Å². The highest BCUT2D eigenvalue weighted by molar-refractivity contribution is 7.99. The molecule has 0 radical (unpaired) electrons. The van der Waals surface area contributed by atoms with Crippen LogP contribution in [0.1, 0.15) is 5.76 Å². The van der Waals surface area contributed by atoms with Gasteiger partial charge in [0.05, 0.1) is 18.6 Å². The standard InChI is InChI=1S/C11H11N5O2S/c1-2-5-12-10(17)8-19-11-13-14-15-16(11)7-9-4-3-6-18-9/h1,3-4,6H,5,7-8H2,(H,12,17). The van der Waals surface area contributed by atoms with Crippen LogP contribution in [0.15, 0.2) is 28.0 Å². The minimum absolute atomic E-state index is 0.157. The van der Waals surface area contributed by atoms with Crippen molar-refractivity contribution < 1.29 is 9.21 Å². The van der Waals surface area contributed by atoms with Crippen LogP contribution in [0.5, 0.6) is 0 Å². The number of furan rings is 1. The molecule has 2 aromatic heterocycles. The highest BCUT2D eigenvalue weighted by Gasteiger charge is 2.10. The largest absolute Gasteiger partial charge is 0.467 e. The number of hydrogen-bond acceptors (Lipinski definition) is 6. The van der Waals surface area contributed by atoms with E-state index in [9.17, 15) is 4.79 Å². The van der Waals surface area contributed by atoms with Gasteiger partial charge in [0.2, 0.25) is 11.1 Å². The first kappa shape index (κ1) is 13.2. The third-order valence-electron chi connectivity index (χ3n) is 2.10. The van der Waals surface area contributed by atoms with Gasteiger partial charge >= 0.3 is 0 Å². The van der Waals surface area contributed by atoms with Crippen LogP contribution < -0.4 is 5.32 Å². The van der Waals surface area contributed by atoms with Crippen molar-refractivity contribution in [3.8, 4) is 12.3 Å². The van der Waals surface area contributed by atoms with E-state index in [-0.39, 0.29) is 18.2 Å². The Balaban J connectivity index is 1.89. The molecule has 0 bridgehead atoms. The average Bonchev–Trinajstić information content (AvgIpc) is 3.06. The number of thioether (sulfide) groups is 1. The van der Waals surface area contributed by atoms with Gasteiger partial charge in [-0.2, -0.15) is 0 Å².